The molecule has 0 radical (unpaired) electrons. The molecule has 1 saturated carbocycles. The van der Waals surface area contributed by atoms with Gasteiger partial charge in [0.2, 0.25) is 0 Å². The Morgan fingerprint density at radius 3 is 1.83 bits per heavy atom. The molecule has 4 unspecified atom stereocenters. The lowest BCUT2D eigenvalue weighted by Crippen LogP contribution is -2.27. The third kappa shape index (κ3) is 6.26. The smallest absolute Gasteiger partial charge is 0.283 e. The molecule has 1 aliphatic carbocycles. The quantitative estimate of drug-likeness (QED) is 0.394. The van der Waals surface area contributed by atoms with Gasteiger partial charge < -0.3 is 0 Å². The van der Waals surface area contributed by atoms with Crippen LogP contribution in [0.15, 0.2) is 60.7 Å². The summed E-state index contributed by atoms with van der Waals surface area (Å²) in [5, 5.41) is 0. The minimum atomic E-state index is -3.78. The van der Waals surface area contributed by atoms with Crippen molar-refractivity contribution in [3.8, 4) is 0 Å². The molecule has 0 saturated heterocycles. The van der Waals surface area contributed by atoms with Gasteiger partial charge in [-0.05, 0) is 43.7 Å². The van der Waals surface area contributed by atoms with Gasteiger partial charge in [-0.15, -0.1) is 0 Å². The second kappa shape index (κ2) is 10.5. The van der Waals surface area contributed by atoms with Crippen molar-refractivity contribution in [1.29, 1.82) is 0 Å². The Morgan fingerprint density at radius 1 is 0.862 bits per heavy atom. The maximum Gasteiger partial charge on any atom is 0.476 e. The maximum atomic E-state index is 13.8. The fourth-order valence-electron chi connectivity index (χ4n) is 3.98. The van der Waals surface area contributed by atoms with Crippen LogP contribution in [0.1, 0.15) is 76.2 Å². The highest BCUT2D eigenvalue weighted by atomic mass is 31.2. The highest BCUT2D eigenvalue weighted by Gasteiger charge is 2.38. The van der Waals surface area contributed by atoms with E-state index in [-0.39, 0.29) is 6.10 Å². The molecule has 29 heavy (non-hydrogen) atoms. The van der Waals surface area contributed by atoms with Gasteiger partial charge in [-0.3, -0.25) is 13.6 Å². The summed E-state index contributed by atoms with van der Waals surface area (Å²) in [6.07, 6.45) is 4.41. The summed E-state index contributed by atoms with van der Waals surface area (Å²) in [4.78, 5) is 0. The van der Waals surface area contributed by atoms with Gasteiger partial charge in [0.25, 0.3) is 0 Å². The Balaban J connectivity index is 1.80. The Bertz CT molecular complexity index is 728. The summed E-state index contributed by atoms with van der Waals surface area (Å²) in [5.74, 6) is 0.392. The van der Waals surface area contributed by atoms with Crippen molar-refractivity contribution < 1.29 is 18.1 Å². The molecule has 1 aliphatic rings. The third-order valence-electron chi connectivity index (χ3n) is 5.74. The predicted molar refractivity (Wildman–Crippen MR) is 117 cm³/mol. The topological polar surface area (TPSA) is 44.8 Å². The monoisotopic (exact) mass is 416 g/mol. The summed E-state index contributed by atoms with van der Waals surface area (Å²) in [5.41, 5.74) is 1.89. The summed E-state index contributed by atoms with van der Waals surface area (Å²) < 4.78 is 32.1. The van der Waals surface area contributed by atoms with E-state index in [1.54, 1.807) is 0 Å². The molecule has 4 atom stereocenters. The Hall–Kier alpha value is -1.45. The van der Waals surface area contributed by atoms with E-state index in [1.165, 1.54) is 6.42 Å². The molecule has 2 aromatic carbocycles. The highest BCUT2D eigenvalue weighted by Crippen LogP contribution is 2.58. The third-order valence-corrected chi connectivity index (χ3v) is 7.42. The first-order valence-corrected chi connectivity index (χ1v) is 12.2. The van der Waals surface area contributed by atoms with Gasteiger partial charge in [0, 0.05) is 0 Å². The second-order valence-electron chi connectivity index (χ2n) is 7.86. The first-order valence-electron chi connectivity index (χ1n) is 10.8. The molecular formula is C24H33O4P. The van der Waals surface area contributed by atoms with Crippen molar-refractivity contribution in [3.63, 3.8) is 0 Å². The van der Waals surface area contributed by atoms with Crippen molar-refractivity contribution in [2.75, 3.05) is 0 Å². The molecule has 4 nitrogen and oxygen atoms in total. The predicted octanol–water partition coefficient (Wildman–Crippen LogP) is 7.64. The van der Waals surface area contributed by atoms with Crippen molar-refractivity contribution in [2.45, 2.75) is 71.2 Å². The van der Waals surface area contributed by atoms with Crippen LogP contribution in [0.25, 0.3) is 0 Å². The number of phosphoric acid groups is 1. The average molecular weight is 416 g/mol. The molecule has 0 bridgehead atoms. The van der Waals surface area contributed by atoms with E-state index in [2.05, 4.69) is 6.92 Å². The van der Waals surface area contributed by atoms with Gasteiger partial charge in [-0.1, -0.05) is 86.8 Å². The molecule has 1 fully saturated rings. The van der Waals surface area contributed by atoms with Crippen LogP contribution in [0, 0.1) is 5.92 Å². The van der Waals surface area contributed by atoms with Gasteiger partial charge in [0.15, 0.2) is 0 Å². The molecular weight excluding hydrogens is 383 g/mol. The van der Waals surface area contributed by atoms with E-state index in [0.717, 1.165) is 36.8 Å². The van der Waals surface area contributed by atoms with Crippen LogP contribution in [0.4, 0.5) is 0 Å². The molecule has 0 amide bonds. The lowest BCUT2D eigenvalue weighted by Gasteiger charge is -2.34. The lowest BCUT2D eigenvalue weighted by molar-refractivity contribution is 0.00602. The molecule has 3 rings (SSSR count). The summed E-state index contributed by atoms with van der Waals surface area (Å²) in [6.45, 7) is 5.94. The van der Waals surface area contributed by atoms with Crippen molar-refractivity contribution in [2.24, 2.45) is 5.92 Å². The normalized spacial score (nSPS) is 23.8. The molecule has 0 aromatic heterocycles. The Kier molecular flexibility index (Phi) is 8.08. The zero-order valence-corrected chi connectivity index (χ0v) is 18.6. The summed E-state index contributed by atoms with van der Waals surface area (Å²) >= 11 is 0. The first kappa shape index (κ1) is 22.2. The molecule has 0 N–H and O–H groups in total. The Morgan fingerprint density at radius 2 is 1.34 bits per heavy atom. The zero-order valence-electron chi connectivity index (χ0n) is 17.7. The summed E-state index contributed by atoms with van der Waals surface area (Å²) in [6, 6.07) is 19.5. The van der Waals surface area contributed by atoms with Crippen LogP contribution in [-0.4, -0.2) is 6.10 Å². The van der Waals surface area contributed by atoms with Crippen LogP contribution in [0.2, 0.25) is 0 Å². The van der Waals surface area contributed by atoms with Crippen LogP contribution in [0.5, 0.6) is 0 Å². The summed E-state index contributed by atoms with van der Waals surface area (Å²) in [7, 11) is -3.78. The molecule has 2 aromatic rings. The highest BCUT2D eigenvalue weighted by molar-refractivity contribution is 7.48. The number of rotatable bonds is 9. The molecule has 5 heteroatoms. The van der Waals surface area contributed by atoms with Crippen molar-refractivity contribution in [1.82, 2.24) is 0 Å². The van der Waals surface area contributed by atoms with Crippen molar-refractivity contribution in [3.05, 3.63) is 71.8 Å². The van der Waals surface area contributed by atoms with E-state index in [4.69, 9.17) is 13.6 Å². The van der Waals surface area contributed by atoms with Crippen LogP contribution >= 0.6 is 7.82 Å². The maximum absolute atomic E-state index is 13.8. The minimum Gasteiger partial charge on any atom is -0.283 e. The number of hydrogen-bond donors (Lipinski definition) is 0. The van der Waals surface area contributed by atoms with Crippen molar-refractivity contribution >= 4 is 7.82 Å². The van der Waals surface area contributed by atoms with E-state index < -0.39 is 20.0 Å². The zero-order chi connectivity index (χ0) is 20.7. The van der Waals surface area contributed by atoms with Gasteiger partial charge in [0.1, 0.15) is 0 Å². The standard InChI is InChI=1S/C24H33O4P/c1-4-21-13-11-12-18-24(21)28-29(25,26-19(2)22-14-7-5-8-15-22)27-20(3)23-16-9-6-10-17-23/h5-10,14-17,19-21,24H,4,11-13,18H2,1-3H3. The fraction of sp³-hybridized carbons (Fsp3) is 0.500. The largest absolute Gasteiger partial charge is 0.476 e. The van der Waals surface area contributed by atoms with Crippen LogP contribution in [0.3, 0.4) is 0 Å². The molecule has 0 spiro atoms. The SMILES string of the molecule is CCC1CCCCC1OP(=O)(OC(C)c1ccccc1)OC(C)c1ccccc1. The second-order valence-corrected chi connectivity index (χ2v) is 9.39. The van der Waals surface area contributed by atoms with Crippen LogP contribution < -0.4 is 0 Å². The van der Waals surface area contributed by atoms with E-state index >= 15 is 0 Å². The van der Waals surface area contributed by atoms with E-state index in [9.17, 15) is 4.57 Å². The average Bonchev–Trinajstić information content (AvgIpc) is 2.75. The van der Waals surface area contributed by atoms with E-state index in [0.29, 0.717) is 5.92 Å². The minimum absolute atomic E-state index is 0.0921. The first-order chi connectivity index (χ1) is 14.0. The van der Waals surface area contributed by atoms with Gasteiger partial charge >= 0.3 is 7.82 Å². The van der Waals surface area contributed by atoms with Gasteiger partial charge in [0.05, 0.1) is 18.3 Å². The van der Waals surface area contributed by atoms with Gasteiger partial charge in [-0.25, -0.2) is 4.57 Å². The fourth-order valence-corrected chi connectivity index (χ4v) is 5.75. The number of hydrogen-bond acceptors (Lipinski definition) is 4. The molecule has 0 heterocycles. The van der Waals surface area contributed by atoms with Gasteiger partial charge in [-0.2, -0.15) is 0 Å². The molecule has 158 valence electrons. The molecule has 0 aliphatic heterocycles. The van der Waals surface area contributed by atoms with Crippen LogP contribution in [-0.2, 0) is 18.1 Å². The van der Waals surface area contributed by atoms with E-state index in [1.807, 2.05) is 74.5 Å². The lowest BCUT2D eigenvalue weighted by atomic mass is 9.85. The number of phosphoric ester groups is 1. The number of benzene rings is 2. The Labute approximate surface area is 175 Å².